The number of nitrogens with one attached hydrogen (secondary N) is 1. The van der Waals surface area contributed by atoms with Crippen molar-refractivity contribution in [2.45, 2.75) is 64.6 Å². The van der Waals surface area contributed by atoms with Crippen molar-refractivity contribution < 1.29 is 9.59 Å². The van der Waals surface area contributed by atoms with Crippen LogP contribution in [0.4, 0.5) is 0 Å². The maximum Gasteiger partial charge on any atom is 0.244 e. The lowest BCUT2D eigenvalue weighted by Gasteiger charge is -2.58. The van der Waals surface area contributed by atoms with Crippen LogP contribution in [0, 0.1) is 5.41 Å². The molecule has 2 aliphatic rings. The summed E-state index contributed by atoms with van der Waals surface area (Å²) in [5, 5.41) is 3.05. The second-order valence-electron chi connectivity index (χ2n) is 7.13. The number of carbonyl (C=O) groups excluding carboxylic acids is 2. The molecule has 1 spiro atoms. The SMILES string of the molecule is CC(C)N1C(=O)C2(CCCCC2)C1C(=O)NCc1ccccc1. The number of rotatable bonds is 4. The van der Waals surface area contributed by atoms with Gasteiger partial charge in [0.1, 0.15) is 6.04 Å². The van der Waals surface area contributed by atoms with Crippen LogP contribution in [0.15, 0.2) is 30.3 Å². The van der Waals surface area contributed by atoms with Gasteiger partial charge in [-0.05, 0) is 32.3 Å². The van der Waals surface area contributed by atoms with Gasteiger partial charge in [-0.25, -0.2) is 0 Å². The molecule has 2 fully saturated rings. The fourth-order valence-corrected chi connectivity index (χ4v) is 4.15. The summed E-state index contributed by atoms with van der Waals surface area (Å²) in [4.78, 5) is 27.3. The predicted octanol–water partition coefficient (Wildman–Crippen LogP) is 2.87. The molecule has 1 N–H and O–H groups in total. The van der Waals surface area contributed by atoms with E-state index in [2.05, 4.69) is 5.32 Å². The molecule has 0 radical (unpaired) electrons. The molecule has 23 heavy (non-hydrogen) atoms. The van der Waals surface area contributed by atoms with Crippen LogP contribution in [0.3, 0.4) is 0 Å². The first-order valence-corrected chi connectivity index (χ1v) is 8.71. The summed E-state index contributed by atoms with van der Waals surface area (Å²) in [6.45, 7) is 4.50. The van der Waals surface area contributed by atoms with Crippen molar-refractivity contribution in [2.24, 2.45) is 5.41 Å². The van der Waals surface area contributed by atoms with Crippen molar-refractivity contribution in [3.05, 3.63) is 35.9 Å². The Balaban J connectivity index is 1.73. The first kappa shape index (κ1) is 16.0. The van der Waals surface area contributed by atoms with E-state index in [-0.39, 0.29) is 23.9 Å². The van der Waals surface area contributed by atoms with Gasteiger partial charge in [0.25, 0.3) is 0 Å². The molecule has 0 aromatic heterocycles. The average molecular weight is 314 g/mol. The van der Waals surface area contributed by atoms with E-state index >= 15 is 0 Å². The number of β-lactam (4-membered cyclic amide) rings is 1. The number of likely N-dealkylation sites (tertiary alicyclic amines) is 1. The van der Waals surface area contributed by atoms with Crippen LogP contribution in [0.5, 0.6) is 0 Å². The van der Waals surface area contributed by atoms with Crippen LogP contribution in [0.25, 0.3) is 0 Å². The maximum absolute atomic E-state index is 12.8. The van der Waals surface area contributed by atoms with Crippen LogP contribution in [-0.2, 0) is 16.1 Å². The Morgan fingerprint density at radius 1 is 1.22 bits per heavy atom. The second-order valence-corrected chi connectivity index (χ2v) is 7.13. The van der Waals surface area contributed by atoms with Crippen molar-refractivity contribution >= 4 is 11.8 Å². The molecule has 1 aliphatic carbocycles. The van der Waals surface area contributed by atoms with E-state index < -0.39 is 5.41 Å². The predicted molar refractivity (Wildman–Crippen MR) is 89.6 cm³/mol. The summed E-state index contributed by atoms with van der Waals surface area (Å²) in [6, 6.07) is 9.69. The van der Waals surface area contributed by atoms with E-state index in [0.29, 0.717) is 6.54 Å². The molecule has 1 aliphatic heterocycles. The average Bonchev–Trinajstić information content (AvgIpc) is 2.58. The van der Waals surface area contributed by atoms with Gasteiger partial charge >= 0.3 is 0 Å². The lowest BCUT2D eigenvalue weighted by Crippen LogP contribution is -2.75. The first-order chi connectivity index (χ1) is 11.1. The van der Waals surface area contributed by atoms with Crippen molar-refractivity contribution in [3.8, 4) is 0 Å². The van der Waals surface area contributed by atoms with Gasteiger partial charge in [-0.2, -0.15) is 0 Å². The molecule has 0 bridgehead atoms. The molecule has 1 saturated carbocycles. The van der Waals surface area contributed by atoms with E-state index in [0.717, 1.165) is 31.2 Å². The molecule has 2 amide bonds. The van der Waals surface area contributed by atoms with Crippen LogP contribution in [0.1, 0.15) is 51.5 Å². The Labute approximate surface area is 138 Å². The summed E-state index contributed by atoms with van der Waals surface area (Å²) in [5.74, 6) is 0.191. The van der Waals surface area contributed by atoms with Gasteiger partial charge in [-0.3, -0.25) is 9.59 Å². The second kappa shape index (κ2) is 6.34. The van der Waals surface area contributed by atoms with E-state index in [1.54, 1.807) is 4.90 Å². The Hall–Kier alpha value is -1.84. The van der Waals surface area contributed by atoms with Crippen LogP contribution < -0.4 is 5.32 Å². The third-order valence-corrected chi connectivity index (χ3v) is 5.32. The van der Waals surface area contributed by atoms with Crippen LogP contribution in [0.2, 0.25) is 0 Å². The number of amides is 2. The molecule has 1 aromatic carbocycles. The standard InChI is InChI=1S/C19H26N2O2/c1-14(2)21-16(19(18(21)23)11-7-4-8-12-19)17(22)20-13-15-9-5-3-6-10-15/h3,5-6,9-10,14,16H,4,7-8,11-13H2,1-2H3,(H,20,22). The van der Waals surface area contributed by atoms with E-state index in [1.165, 1.54) is 6.42 Å². The monoisotopic (exact) mass is 314 g/mol. The molecule has 1 aromatic rings. The van der Waals surface area contributed by atoms with Crippen LogP contribution in [-0.4, -0.2) is 28.8 Å². The highest BCUT2D eigenvalue weighted by Gasteiger charge is 2.63. The minimum absolute atomic E-state index is 0.00375. The Morgan fingerprint density at radius 2 is 1.87 bits per heavy atom. The molecule has 4 heteroatoms. The van der Waals surface area contributed by atoms with E-state index in [1.807, 2.05) is 44.2 Å². The first-order valence-electron chi connectivity index (χ1n) is 8.71. The zero-order valence-corrected chi connectivity index (χ0v) is 14.0. The minimum Gasteiger partial charge on any atom is -0.350 e. The smallest absolute Gasteiger partial charge is 0.244 e. The number of benzene rings is 1. The highest BCUT2D eigenvalue weighted by molar-refractivity contribution is 6.02. The van der Waals surface area contributed by atoms with Crippen LogP contribution >= 0.6 is 0 Å². The summed E-state index contributed by atoms with van der Waals surface area (Å²) in [6.07, 6.45) is 5.01. The highest BCUT2D eigenvalue weighted by atomic mass is 16.2. The summed E-state index contributed by atoms with van der Waals surface area (Å²) in [7, 11) is 0. The van der Waals surface area contributed by atoms with Crippen molar-refractivity contribution in [1.29, 1.82) is 0 Å². The van der Waals surface area contributed by atoms with Crippen molar-refractivity contribution in [1.82, 2.24) is 10.2 Å². The summed E-state index contributed by atoms with van der Waals surface area (Å²) < 4.78 is 0. The third kappa shape index (κ3) is 2.75. The molecule has 1 unspecified atom stereocenters. The van der Waals surface area contributed by atoms with E-state index in [9.17, 15) is 9.59 Å². The van der Waals surface area contributed by atoms with Gasteiger partial charge in [0.05, 0.1) is 5.41 Å². The molecular formula is C19H26N2O2. The summed E-state index contributed by atoms with van der Waals surface area (Å²) >= 11 is 0. The largest absolute Gasteiger partial charge is 0.350 e. The molecule has 1 atom stereocenters. The number of hydrogen-bond acceptors (Lipinski definition) is 2. The normalized spacial score (nSPS) is 23.0. The fourth-order valence-electron chi connectivity index (χ4n) is 4.15. The Morgan fingerprint density at radius 3 is 2.48 bits per heavy atom. The topological polar surface area (TPSA) is 49.4 Å². The lowest BCUT2D eigenvalue weighted by molar-refractivity contribution is -0.186. The Kier molecular flexibility index (Phi) is 4.42. The molecular weight excluding hydrogens is 288 g/mol. The zero-order valence-electron chi connectivity index (χ0n) is 14.0. The highest BCUT2D eigenvalue weighted by Crippen LogP contribution is 2.50. The minimum atomic E-state index is -0.427. The zero-order chi connectivity index (χ0) is 16.4. The summed E-state index contributed by atoms with van der Waals surface area (Å²) in [5.41, 5.74) is 0.656. The van der Waals surface area contributed by atoms with Crippen molar-refractivity contribution in [2.75, 3.05) is 0 Å². The van der Waals surface area contributed by atoms with Gasteiger partial charge in [0, 0.05) is 12.6 Å². The van der Waals surface area contributed by atoms with Gasteiger partial charge in [-0.15, -0.1) is 0 Å². The molecule has 1 saturated heterocycles. The fraction of sp³-hybridized carbons (Fsp3) is 0.579. The molecule has 1 heterocycles. The third-order valence-electron chi connectivity index (χ3n) is 5.32. The molecule has 124 valence electrons. The molecule has 4 nitrogen and oxygen atoms in total. The van der Waals surface area contributed by atoms with Gasteiger partial charge in [0.2, 0.25) is 11.8 Å². The lowest BCUT2D eigenvalue weighted by atomic mass is 9.61. The van der Waals surface area contributed by atoms with Gasteiger partial charge < -0.3 is 10.2 Å². The number of nitrogens with zero attached hydrogens (tertiary/aromatic N) is 1. The van der Waals surface area contributed by atoms with E-state index in [4.69, 9.17) is 0 Å². The van der Waals surface area contributed by atoms with Gasteiger partial charge in [-0.1, -0.05) is 49.6 Å². The Bertz CT molecular complexity index is 576. The quantitative estimate of drug-likeness (QED) is 0.869. The number of carbonyl (C=O) groups is 2. The number of hydrogen-bond donors (Lipinski definition) is 1. The molecule has 3 rings (SSSR count). The van der Waals surface area contributed by atoms with Crippen molar-refractivity contribution in [3.63, 3.8) is 0 Å². The maximum atomic E-state index is 12.8. The van der Waals surface area contributed by atoms with Gasteiger partial charge in [0.15, 0.2) is 0 Å².